The Bertz CT molecular complexity index is 586. The highest BCUT2D eigenvalue weighted by Gasteiger charge is 2.12. The monoisotopic (exact) mass is 275 g/mol. The second kappa shape index (κ2) is 6.28. The number of halogens is 1. The lowest BCUT2D eigenvalue weighted by molar-refractivity contribution is 0.370. The van der Waals surface area contributed by atoms with Gasteiger partial charge in [-0.2, -0.15) is 0 Å². The number of ether oxygens (including phenoxy) is 1. The molecular formula is C16H18FNO2. The third-order valence-corrected chi connectivity index (χ3v) is 3.22. The fourth-order valence-electron chi connectivity index (χ4n) is 2.12. The van der Waals surface area contributed by atoms with Gasteiger partial charge in [0.1, 0.15) is 5.82 Å². The fourth-order valence-corrected chi connectivity index (χ4v) is 2.12. The summed E-state index contributed by atoms with van der Waals surface area (Å²) in [4.78, 5) is 1.98. The summed E-state index contributed by atoms with van der Waals surface area (Å²) < 4.78 is 18.4. The van der Waals surface area contributed by atoms with Gasteiger partial charge < -0.3 is 14.7 Å². The number of methoxy groups -OCH3 is 1. The van der Waals surface area contributed by atoms with Gasteiger partial charge in [-0.25, -0.2) is 4.39 Å². The summed E-state index contributed by atoms with van der Waals surface area (Å²) in [7, 11) is 1.52. The lowest BCUT2D eigenvalue weighted by Gasteiger charge is -2.24. The molecular weight excluding hydrogens is 257 g/mol. The van der Waals surface area contributed by atoms with Crippen LogP contribution >= 0.6 is 0 Å². The van der Waals surface area contributed by atoms with Crippen LogP contribution in [0.25, 0.3) is 0 Å². The van der Waals surface area contributed by atoms with E-state index >= 15 is 0 Å². The Morgan fingerprint density at radius 1 is 1.20 bits per heavy atom. The SMILES string of the molecule is CCN(Cc1cccc(OC)c1O)c1cccc(F)c1. The molecule has 0 amide bonds. The van der Waals surface area contributed by atoms with Gasteiger partial charge in [-0.3, -0.25) is 0 Å². The molecule has 0 heterocycles. The molecule has 0 radical (unpaired) electrons. The fraction of sp³-hybridized carbons (Fsp3) is 0.250. The summed E-state index contributed by atoms with van der Waals surface area (Å²) in [5, 5.41) is 10.1. The molecule has 2 aromatic rings. The van der Waals surface area contributed by atoms with E-state index in [0.717, 1.165) is 11.3 Å². The highest BCUT2D eigenvalue weighted by molar-refractivity contribution is 5.51. The van der Waals surface area contributed by atoms with Gasteiger partial charge in [-0.05, 0) is 31.2 Å². The van der Waals surface area contributed by atoms with E-state index in [2.05, 4.69) is 0 Å². The summed E-state index contributed by atoms with van der Waals surface area (Å²) in [5.74, 6) is 0.304. The molecule has 0 aliphatic rings. The number of para-hydroxylation sites is 1. The normalized spacial score (nSPS) is 10.3. The predicted molar refractivity (Wildman–Crippen MR) is 77.8 cm³/mol. The van der Waals surface area contributed by atoms with Crippen LogP contribution in [0, 0.1) is 5.82 Å². The second-order valence-corrected chi connectivity index (χ2v) is 4.46. The third kappa shape index (κ3) is 3.02. The topological polar surface area (TPSA) is 32.7 Å². The first-order valence-electron chi connectivity index (χ1n) is 6.51. The van der Waals surface area contributed by atoms with Crippen molar-refractivity contribution in [3.05, 3.63) is 53.8 Å². The first-order valence-corrected chi connectivity index (χ1v) is 6.51. The van der Waals surface area contributed by atoms with Gasteiger partial charge in [-0.15, -0.1) is 0 Å². The average Bonchev–Trinajstić information content (AvgIpc) is 2.46. The van der Waals surface area contributed by atoms with Crippen LogP contribution in [0.3, 0.4) is 0 Å². The molecule has 0 aromatic heterocycles. The largest absolute Gasteiger partial charge is 0.504 e. The summed E-state index contributed by atoms with van der Waals surface area (Å²) >= 11 is 0. The van der Waals surface area contributed by atoms with E-state index in [-0.39, 0.29) is 11.6 Å². The van der Waals surface area contributed by atoms with E-state index in [0.29, 0.717) is 18.8 Å². The molecule has 0 spiro atoms. The minimum absolute atomic E-state index is 0.129. The van der Waals surface area contributed by atoms with Crippen molar-refractivity contribution in [3.63, 3.8) is 0 Å². The van der Waals surface area contributed by atoms with Gasteiger partial charge >= 0.3 is 0 Å². The zero-order valence-electron chi connectivity index (χ0n) is 11.6. The molecule has 0 atom stereocenters. The standard InChI is InChI=1S/C16H18FNO2/c1-3-18(14-8-5-7-13(17)10-14)11-12-6-4-9-15(20-2)16(12)19/h4-10,19H,3,11H2,1-2H3. The minimum Gasteiger partial charge on any atom is -0.504 e. The van der Waals surface area contributed by atoms with E-state index in [1.165, 1.54) is 19.2 Å². The summed E-state index contributed by atoms with van der Waals surface area (Å²) in [6, 6.07) is 11.8. The number of hydrogen-bond acceptors (Lipinski definition) is 3. The molecule has 2 rings (SSSR count). The molecule has 0 saturated heterocycles. The smallest absolute Gasteiger partial charge is 0.162 e. The Hall–Kier alpha value is -2.23. The number of phenolic OH excluding ortho intramolecular Hbond substituents is 1. The summed E-state index contributed by atoms with van der Waals surface area (Å²) in [5.41, 5.74) is 1.53. The number of benzene rings is 2. The van der Waals surface area contributed by atoms with Gasteiger partial charge in [0.05, 0.1) is 7.11 Å². The van der Waals surface area contributed by atoms with E-state index in [1.54, 1.807) is 12.1 Å². The quantitative estimate of drug-likeness (QED) is 0.905. The zero-order chi connectivity index (χ0) is 14.5. The van der Waals surface area contributed by atoms with Crippen molar-refractivity contribution < 1.29 is 14.2 Å². The summed E-state index contributed by atoms with van der Waals surface area (Å²) in [6.45, 7) is 3.19. The van der Waals surface area contributed by atoms with Gasteiger partial charge in [0.15, 0.2) is 11.5 Å². The van der Waals surface area contributed by atoms with Crippen LogP contribution in [-0.4, -0.2) is 18.8 Å². The van der Waals surface area contributed by atoms with Gasteiger partial charge in [0.25, 0.3) is 0 Å². The maximum Gasteiger partial charge on any atom is 0.162 e. The Morgan fingerprint density at radius 3 is 2.60 bits per heavy atom. The van der Waals surface area contributed by atoms with Crippen molar-refractivity contribution >= 4 is 5.69 Å². The van der Waals surface area contributed by atoms with Crippen molar-refractivity contribution in [1.29, 1.82) is 0 Å². The van der Waals surface area contributed by atoms with Crippen LogP contribution in [0.2, 0.25) is 0 Å². The van der Waals surface area contributed by atoms with E-state index < -0.39 is 0 Å². The molecule has 0 bridgehead atoms. The lowest BCUT2D eigenvalue weighted by atomic mass is 10.1. The van der Waals surface area contributed by atoms with Crippen molar-refractivity contribution in [3.8, 4) is 11.5 Å². The molecule has 4 heteroatoms. The zero-order valence-corrected chi connectivity index (χ0v) is 11.6. The molecule has 3 nitrogen and oxygen atoms in total. The molecule has 2 aromatic carbocycles. The molecule has 20 heavy (non-hydrogen) atoms. The van der Waals surface area contributed by atoms with Crippen LogP contribution in [0.1, 0.15) is 12.5 Å². The highest BCUT2D eigenvalue weighted by atomic mass is 19.1. The van der Waals surface area contributed by atoms with Gasteiger partial charge in [0, 0.05) is 24.3 Å². The van der Waals surface area contributed by atoms with Crippen LogP contribution < -0.4 is 9.64 Å². The maximum atomic E-state index is 13.3. The number of rotatable bonds is 5. The third-order valence-electron chi connectivity index (χ3n) is 3.22. The Labute approximate surface area is 118 Å². The molecule has 0 unspecified atom stereocenters. The number of phenols is 1. The molecule has 106 valence electrons. The molecule has 0 aliphatic carbocycles. The number of aromatic hydroxyl groups is 1. The van der Waals surface area contributed by atoms with Crippen LogP contribution in [0.5, 0.6) is 11.5 Å². The summed E-state index contributed by atoms with van der Waals surface area (Å²) in [6.07, 6.45) is 0. The van der Waals surface area contributed by atoms with Gasteiger partial charge in [0.2, 0.25) is 0 Å². The minimum atomic E-state index is -0.268. The number of nitrogens with zero attached hydrogens (tertiary/aromatic N) is 1. The average molecular weight is 275 g/mol. The molecule has 0 fully saturated rings. The van der Waals surface area contributed by atoms with Crippen molar-refractivity contribution in [2.75, 3.05) is 18.6 Å². The van der Waals surface area contributed by atoms with Crippen LogP contribution in [0.4, 0.5) is 10.1 Å². The second-order valence-electron chi connectivity index (χ2n) is 4.46. The van der Waals surface area contributed by atoms with Crippen molar-refractivity contribution in [1.82, 2.24) is 0 Å². The number of anilines is 1. The van der Waals surface area contributed by atoms with Crippen molar-refractivity contribution in [2.24, 2.45) is 0 Å². The molecule has 0 aliphatic heterocycles. The number of hydrogen-bond donors (Lipinski definition) is 1. The Kier molecular flexibility index (Phi) is 4.45. The Balaban J connectivity index is 2.27. The van der Waals surface area contributed by atoms with Crippen LogP contribution in [-0.2, 0) is 6.54 Å². The van der Waals surface area contributed by atoms with Gasteiger partial charge in [-0.1, -0.05) is 18.2 Å². The lowest BCUT2D eigenvalue weighted by Crippen LogP contribution is -2.22. The van der Waals surface area contributed by atoms with Crippen molar-refractivity contribution in [2.45, 2.75) is 13.5 Å². The maximum absolute atomic E-state index is 13.3. The van der Waals surface area contributed by atoms with Crippen LogP contribution in [0.15, 0.2) is 42.5 Å². The van der Waals surface area contributed by atoms with E-state index in [1.807, 2.05) is 30.0 Å². The predicted octanol–water partition coefficient (Wildman–Crippen LogP) is 3.57. The highest BCUT2D eigenvalue weighted by Crippen LogP contribution is 2.31. The molecule has 0 saturated carbocycles. The Morgan fingerprint density at radius 2 is 1.95 bits per heavy atom. The first kappa shape index (κ1) is 14.2. The van der Waals surface area contributed by atoms with E-state index in [9.17, 15) is 9.50 Å². The molecule has 1 N–H and O–H groups in total. The first-order chi connectivity index (χ1) is 9.65. The van der Waals surface area contributed by atoms with E-state index in [4.69, 9.17) is 4.74 Å².